The summed E-state index contributed by atoms with van der Waals surface area (Å²) in [4.78, 5) is 12.3. The molecule has 6 nitrogen and oxygen atoms in total. The number of hydrogen-bond donors (Lipinski definition) is 1. The number of benzene rings is 1. The highest BCUT2D eigenvalue weighted by Gasteiger charge is 2.29. The molecule has 0 bridgehead atoms. The molecular weight excluding hydrogens is 352 g/mol. The Hall–Kier alpha value is -1.47. The van der Waals surface area contributed by atoms with Gasteiger partial charge >= 0.3 is 0 Å². The number of nitrogens with one attached hydrogen (secondary N) is 1. The maximum absolute atomic E-state index is 12.3. The fraction of sp³-hybridized carbons (Fsp3) is 0.562. The van der Waals surface area contributed by atoms with Crippen LogP contribution in [0.2, 0.25) is 5.02 Å². The zero-order valence-electron chi connectivity index (χ0n) is 14.5. The van der Waals surface area contributed by atoms with Crippen LogP contribution in [0.4, 0.5) is 5.69 Å². The Balaban J connectivity index is 3.01. The monoisotopic (exact) mass is 376 g/mol. The van der Waals surface area contributed by atoms with Crippen LogP contribution < -0.4 is 14.4 Å². The number of hydrogen-bond acceptors (Lipinski definition) is 4. The standard InChI is InChI=1S/C16H25ClN2O4S/c1-5-6-7-10-18-16(20)12(2)19(24(4,21)22)13-8-9-15(23-3)14(17)11-13/h8-9,11-12H,5-7,10H2,1-4H3,(H,18,20)/t12-/m0/s1. The Kier molecular flexibility index (Phi) is 7.83. The Bertz CT molecular complexity index is 664. The molecule has 0 spiro atoms. The number of ether oxygens (including phenoxy) is 1. The zero-order valence-corrected chi connectivity index (χ0v) is 16.1. The molecule has 0 aliphatic heterocycles. The third kappa shape index (κ3) is 5.56. The average Bonchev–Trinajstić information content (AvgIpc) is 2.50. The molecule has 1 amide bonds. The van der Waals surface area contributed by atoms with Crippen molar-refractivity contribution < 1.29 is 17.9 Å². The molecule has 1 rings (SSSR count). The third-order valence-corrected chi connectivity index (χ3v) is 5.09. The Morgan fingerprint density at radius 2 is 2.04 bits per heavy atom. The van der Waals surface area contributed by atoms with Gasteiger partial charge in [0.15, 0.2) is 0 Å². The number of carbonyl (C=O) groups excluding carboxylic acids is 1. The average molecular weight is 377 g/mol. The number of carbonyl (C=O) groups is 1. The predicted octanol–water partition coefficient (Wildman–Crippen LogP) is 2.81. The Labute approximate surface area is 149 Å². The first kappa shape index (κ1) is 20.6. The number of rotatable bonds is 9. The number of methoxy groups -OCH3 is 1. The fourth-order valence-corrected chi connectivity index (χ4v) is 3.75. The maximum atomic E-state index is 12.3. The molecule has 1 aromatic rings. The van der Waals surface area contributed by atoms with Crippen molar-refractivity contribution >= 4 is 33.2 Å². The Morgan fingerprint density at radius 1 is 1.38 bits per heavy atom. The smallest absolute Gasteiger partial charge is 0.243 e. The second-order valence-electron chi connectivity index (χ2n) is 5.55. The van der Waals surface area contributed by atoms with Crippen molar-refractivity contribution in [2.75, 3.05) is 24.2 Å². The fourth-order valence-electron chi connectivity index (χ4n) is 2.34. The van der Waals surface area contributed by atoms with E-state index < -0.39 is 16.1 Å². The van der Waals surface area contributed by atoms with Gasteiger partial charge in [0.2, 0.25) is 15.9 Å². The second kappa shape index (κ2) is 9.13. The highest BCUT2D eigenvalue weighted by atomic mass is 35.5. The van der Waals surface area contributed by atoms with Gasteiger partial charge in [0.05, 0.1) is 24.1 Å². The maximum Gasteiger partial charge on any atom is 0.243 e. The van der Waals surface area contributed by atoms with E-state index in [9.17, 15) is 13.2 Å². The molecule has 0 aliphatic rings. The van der Waals surface area contributed by atoms with Gasteiger partial charge in [-0.15, -0.1) is 0 Å². The molecule has 0 heterocycles. The summed E-state index contributed by atoms with van der Waals surface area (Å²) in [6.45, 7) is 4.15. The summed E-state index contributed by atoms with van der Waals surface area (Å²) in [5, 5.41) is 3.05. The van der Waals surface area contributed by atoms with E-state index in [1.807, 2.05) is 0 Å². The lowest BCUT2D eigenvalue weighted by Gasteiger charge is -2.28. The molecule has 0 aromatic heterocycles. The van der Waals surface area contributed by atoms with Crippen molar-refractivity contribution in [1.29, 1.82) is 0 Å². The van der Waals surface area contributed by atoms with Gasteiger partial charge in [-0.1, -0.05) is 31.4 Å². The molecule has 0 saturated heterocycles. The van der Waals surface area contributed by atoms with Crippen LogP contribution in [0.5, 0.6) is 5.75 Å². The van der Waals surface area contributed by atoms with Crippen molar-refractivity contribution in [2.45, 2.75) is 39.2 Å². The van der Waals surface area contributed by atoms with E-state index in [4.69, 9.17) is 16.3 Å². The summed E-state index contributed by atoms with van der Waals surface area (Å²) >= 11 is 6.08. The van der Waals surface area contributed by atoms with Crippen LogP contribution in [0.1, 0.15) is 33.1 Å². The largest absolute Gasteiger partial charge is 0.495 e. The molecule has 0 unspecified atom stereocenters. The van der Waals surface area contributed by atoms with Crippen molar-refractivity contribution in [3.05, 3.63) is 23.2 Å². The van der Waals surface area contributed by atoms with E-state index in [0.717, 1.165) is 29.8 Å². The van der Waals surface area contributed by atoms with E-state index in [0.29, 0.717) is 18.0 Å². The first-order chi connectivity index (χ1) is 11.2. The van der Waals surface area contributed by atoms with Gasteiger partial charge in [0.1, 0.15) is 11.8 Å². The van der Waals surface area contributed by atoms with Crippen LogP contribution in [-0.4, -0.2) is 40.3 Å². The van der Waals surface area contributed by atoms with Gasteiger partial charge in [0.25, 0.3) is 0 Å². The van der Waals surface area contributed by atoms with E-state index >= 15 is 0 Å². The number of anilines is 1. The first-order valence-electron chi connectivity index (χ1n) is 7.83. The number of unbranched alkanes of at least 4 members (excludes halogenated alkanes) is 2. The lowest BCUT2D eigenvalue weighted by Crippen LogP contribution is -2.48. The van der Waals surface area contributed by atoms with Crippen LogP contribution in [0.3, 0.4) is 0 Å². The summed E-state index contributed by atoms with van der Waals surface area (Å²) in [5.74, 6) is 0.0917. The topological polar surface area (TPSA) is 75.7 Å². The summed E-state index contributed by atoms with van der Waals surface area (Å²) in [6.07, 6.45) is 3.98. The van der Waals surface area contributed by atoms with Crippen molar-refractivity contribution in [1.82, 2.24) is 5.32 Å². The number of sulfonamides is 1. The van der Waals surface area contributed by atoms with Crippen LogP contribution >= 0.6 is 11.6 Å². The van der Waals surface area contributed by atoms with Gasteiger partial charge in [-0.05, 0) is 31.5 Å². The lowest BCUT2D eigenvalue weighted by atomic mass is 10.2. The first-order valence-corrected chi connectivity index (χ1v) is 10.1. The van der Waals surface area contributed by atoms with Gasteiger partial charge in [0, 0.05) is 6.54 Å². The molecule has 1 atom stereocenters. The van der Waals surface area contributed by atoms with Gasteiger partial charge in [-0.25, -0.2) is 8.42 Å². The normalized spacial score (nSPS) is 12.5. The number of halogens is 1. The third-order valence-electron chi connectivity index (χ3n) is 3.56. The lowest BCUT2D eigenvalue weighted by molar-refractivity contribution is -0.121. The Morgan fingerprint density at radius 3 is 2.54 bits per heavy atom. The van der Waals surface area contributed by atoms with E-state index in [2.05, 4.69) is 12.2 Å². The van der Waals surface area contributed by atoms with Crippen LogP contribution in [-0.2, 0) is 14.8 Å². The highest BCUT2D eigenvalue weighted by Crippen LogP contribution is 2.31. The molecule has 0 saturated carbocycles. The van der Waals surface area contributed by atoms with Crippen molar-refractivity contribution in [2.24, 2.45) is 0 Å². The molecular formula is C16H25ClN2O4S. The highest BCUT2D eigenvalue weighted by molar-refractivity contribution is 7.92. The van der Waals surface area contributed by atoms with Crippen molar-refractivity contribution in [3.63, 3.8) is 0 Å². The van der Waals surface area contributed by atoms with E-state index in [1.54, 1.807) is 19.1 Å². The quantitative estimate of drug-likeness (QED) is 0.672. The van der Waals surface area contributed by atoms with Crippen LogP contribution in [0, 0.1) is 0 Å². The SMILES string of the molecule is CCCCCNC(=O)[C@H](C)N(c1ccc(OC)c(Cl)c1)S(C)(=O)=O. The summed E-state index contributed by atoms with van der Waals surface area (Å²) in [7, 11) is -2.19. The van der Waals surface area contributed by atoms with Gasteiger partial charge < -0.3 is 10.1 Å². The molecule has 136 valence electrons. The number of amides is 1. The summed E-state index contributed by atoms with van der Waals surface area (Å²) in [6, 6.07) is 3.72. The molecule has 1 aromatic carbocycles. The van der Waals surface area contributed by atoms with Gasteiger partial charge in [-0.2, -0.15) is 0 Å². The molecule has 0 radical (unpaired) electrons. The minimum atomic E-state index is -3.66. The predicted molar refractivity (Wildman–Crippen MR) is 97.3 cm³/mol. The van der Waals surface area contributed by atoms with Gasteiger partial charge in [-0.3, -0.25) is 9.10 Å². The van der Waals surface area contributed by atoms with E-state index in [1.165, 1.54) is 13.2 Å². The minimum Gasteiger partial charge on any atom is -0.495 e. The number of nitrogens with zero attached hydrogens (tertiary/aromatic N) is 1. The molecule has 24 heavy (non-hydrogen) atoms. The van der Waals surface area contributed by atoms with E-state index in [-0.39, 0.29) is 10.9 Å². The molecule has 1 N–H and O–H groups in total. The molecule has 0 aliphatic carbocycles. The zero-order chi connectivity index (χ0) is 18.3. The van der Waals surface area contributed by atoms with Crippen LogP contribution in [0.25, 0.3) is 0 Å². The second-order valence-corrected chi connectivity index (χ2v) is 7.82. The molecule has 0 fully saturated rings. The molecule has 8 heteroatoms. The summed E-state index contributed by atoms with van der Waals surface area (Å²) < 4.78 is 30.5. The summed E-state index contributed by atoms with van der Waals surface area (Å²) in [5.41, 5.74) is 0.319. The van der Waals surface area contributed by atoms with Crippen LogP contribution in [0.15, 0.2) is 18.2 Å². The minimum absolute atomic E-state index is 0.277. The van der Waals surface area contributed by atoms with Crippen molar-refractivity contribution in [3.8, 4) is 5.75 Å².